The summed E-state index contributed by atoms with van der Waals surface area (Å²) < 4.78 is 5.74. The molecule has 1 heterocycles. The van der Waals surface area contributed by atoms with Gasteiger partial charge in [0.15, 0.2) is 0 Å². The molecule has 0 aromatic carbocycles. The van der Waals surface area contributed by atoms with E-state index >= 15 is 0 Å². The van der Waals surface area contributed by atoms with E-state index in [1.54, 1.807) is 0 Å². The number of hydrogen-bond acceptors (Lipinski definition) is 4. The third-order valence-corrected chi connectivity index (χ3v) is 3.70. The summed E-state index contributed by atoms with van der Waals surface area (Å²) in [6, 6.07) is 0. The molecule has 1 N–H and O–H groups in total. The predicted octanol–water partition coefficient (Wildman–Crippen LogP) is 2.52. The predicted molar refractivity (Wildman–Crippen MR) is 65.3 cm³/mol. The average Bonchev–Trinajstić information content (AvgIpc) is 2.46. The van der Waals surface area contributed by atoms with Crippen molar-refractivity contribution in [2.24, 2.45) is 0 Å². The maximum absolute atomic E-state index is 5.48. The Bertz CT molecular complexity index is 301. The van der Waals surface area contributed by atoms with E-state index in [-0.39, 0.29) is 4.75 Å². The molecule has 0 amide bonds. The van der Waals surface area contributed by atoms with Crippen molar-refractivity contribution < 1.29 is 4.42 Å². The van der Waals surface area contributed by atoms with E-state index in [0.717, 1.165) is 23.9 Å². The second-order valence-corrected chi connectivity index (χ2v) is 5.83. The lowest BCUT2D eigenvalue weighted by atomic mass is 10.2. The van der Waals surface area contributed by atoms with Crippen LogP contribution in [0.15, 0.2) is 4.42 Å². The number of aromatic nitrogens is 1. The molecule has 15 heavy (non-hydrogen) atoms. The van der Waals surface area contributed by atoms with Crippen molar-refractivity contribution in [2.75, 3.05) is 12.8 Å². The summed E-state index contributed by atoms with van der Waals surface area (Å²) in [5.41, 5.74) is 0.982. The van der Waals surface area contributed by atoms with Crippen molar-refractivity contribution in [3.8, 4) is 0 Å². The Hall–Kier alpha value is -0.480. The summed E-state index contributed by atoms with van der Waals surface area (Å²) in [7, 11) is 0. The Morgan fingerprint density at radius 2 is 2.07 bits per heavy atom. The second kappa shape index (κ2) is 5.03. The SMILES string of the molecule is CSC(C)(C)CNCc1nc(C)c(C)o1. The monoisotopic (exact) mass is 228 g/mol. The molecular formula is C11H20N2OS. The highest BCUT2D eigenvalue weighted by Gasteiger charge is 2.15. The fourth-order valence-corrected chi connectivity index (χ4v) is 1.40. The lowest BCUT2D eigenvalue weighted by Gasteiger charge is -2.21. The smallest absolute Gasteiger partial charge is 0.208 e. The summed E-state index contributed by atoms with van der Waals surface area (Å²) in [6.07, 6.45) is 2.13. The van der Waals surface area contributed by atoms with Gasteiger partial charge in [0, 0.05) is 11.3 Å². The molecule has 3 nitrogen and oxygen atoms in total. The van der Waals surface area contributed by atoms with Gasteiger partial charge in [-0.15, -0.1) is 0 Å². The van der Waals surface area contributed by atoms with Crippen molar-refractivity contribution in [1.29, 1.82) is 0 Å². The van der Waals surface area contributed by atoms with Gasteiger partial charge in [0.05, 0.1) is 12.2 Å². The first-order chi connectivity index (χ1) is 6.94. The van der Waals surface area contributed by atoms with Crippen molar-refractivity contribution in [3.63, 3.8) is 0 Å². The molecule has 0 spiro atoms. The minimum Gasteiger partial charge on any atom is -0.444 e. The maximum atomic E-state index is 5.48. The molecule has 0 bridgehead atoms. The van der Waals surface area contributed by atoms with Crippen molar-refractivity contribution in [1.82, 2.24) is 10.3 Å². The average molecular weight is 228 g/mol. The number of nitrogens with one attached hydrogen (secondary N) is 1. The van der Waals surface area contributed by atoms with Gasteiger partial charge >= 0.3 is 0 Å². The van der Waals surface area contributed by atoms with E-state index in [0.29, 0.717) is 6.54 Å². The molecule has 0 aliphatic heterocycles. The molecule has 0 radical (unpaired) electrons. The summed E-state index contributed by atoms with van der Waals surface area (Å²) >= 11 is 1.86. The molecule has 0 atom stereocenters. The second-order valence-electron chi connectivity index (χ2n) is 4.32. The first-order valence-corrected chi connectivity index (χ1v) is 6.36. The van der Waals surface area contributed by atoms with Crippen molar-refractivity contribution in [2.45, 2.75) is 39.0 Å². The van der Waals surface area contributed by atoms with Crippen LogP contribution in [0.2, 0.25) is 0 Å². The van der Waals surface area contributed by atoms with Crippen LogP contribution in [-0.4, -0.2) is 22.5 Å². The van der Waals surface area contributed by atoms with Gasteiger partial charge in [-0.25, -0.2) is 4.98 Å². The van der Waals surface area contributed by atoms with Crippen LogP contribution in [0.25, 0.3) is 0 Å². The van der Waals surface area contributed by atoms with E-state index in [1.807, 2.05) is 25.6 Å². The minimum atomic E-state index is 0.261. The fourth-order valence-electron chi connectivity index (χ4n) is 1.16. The highest BCUT2D eigenvalue weighted by molar-refractivity contribution is 7.99. The van der Waals surface area contributed by atoms with Gasteiger partial charge in [-0.2, -0.15) is 11.8 Å². The lowest BCUT2D eigenvalue weighted by molar-refractivity contribution is 0.442. The van der Waals surface area contributed by atoms with Crippen LogP contribution in [0.1, 0.15) is 31.2 Å². The molecular weight excluding hydrogens is 208 g/mol. The number of hydrogen-bond donors (Lipinski definition) is 1. The van der Waals surface area contributed by atoms with Crippen LogP contribution in [0, 0.1) is 13.8 Å². The van der Waals surface area contributed by atoms with Gasteiger partial charge in [0.25, 0.3) is 0 Å². The van der Waals surface area contributed by atoms with Gasteiger partial charge in [-0.05, 0) is 34.0 Å². The lowest BCUT2D eigenvalue weighted by Crippen LogP contribution is -2.31. The van der Waals surface area contributed by atoms with E-state index in [9.17, 15) is 0 Å². The molecule has 0 unspecified atom stereocenters. The highest BCUT2D eigenvalue weighted by atomic mass is 32.2. The summed E-state index contributed by atoms with van der Waals surface area (Å²) in [4.78, 5) is 4.32. The molecule has 86 valence electrons. The summed E-state index contributed by atoms with van der Waals surface area (Å²) in [6.45, 7) is 10.0. The van der Waals surface area contributed by atoms with E-state index in [4.69, 9.17) is 4.42 Å². The summed E-state index contributed by atoms with van der Waals surface area (Å²) in [5, 5.41) is 3.36. The van der Waals surface area contributed by atoms with Gasteiger partial charge in [-0.3, -0.25) is 0 Å². The van der Waals surface area contributed by atoms with Crippen molar-refractivity contribution >= 4 is 11.8 Å². The number of rotatable bonds is 5. The first-order valence-electron chi connectivity index (χ1n) is 5.13. The van der Waals surface area contributed by atoms with Gasteiger partial charge in [0.1, 0.15) is 5.76 Å². The van der Waals surface area contributed by atoms with Crippen LogP contribution >= 0.6 is 11.8 Å². The molecule has 0 fully saturated rings. The molecule has 0 aliphatic carbocycles. The van der Waals surface area contributed by atoms with E-state index in [1.165, 1.54) is 0 Å². The Balaban J connectivity index is 2.38. The maximum Gasteiger partial charge on any atom is 0.208 e. The summed E-state index contributed by atoms with van der Waals surface area (Å²) in [5.74, 6) is 1.69. The largest absolute Gasteiger partial charge is 0.444 e. The van der Waals surface area contributed by atoms with Crippen LogP contribution < -0.4 is 5.32 Å². The Morgan fingerprint density at radius 3 is 2.53 bits per heavy atom. The zero-order valence-corrected chi connectivity index (χ0v) is 11.0. The fraction of sp³-hybridized carbons (Fsp3) is 0.727. The van der Waals surface area contributed by atoms with Crippen molar-refractivity contribution in [3.05, 3.63) is 17.3 Å². The molecule has 1 aromatic rings. The van der Waals surface area contributed by atoms with E-state index in [2.05, 4.69) is 30.4 Å². The van der Waals surface area contributed by atoms with E-state index < -0.39 is 0 Å². The zero-order chi connectivity index (χ0) is 11.5. The Morgan fingerprint density at radius 1 is 1.40 bits per heavy atom. The molecule has 1 rings (SSSR count). The topological polar surface area (TPSA) is 38.1 Å². The number of oxazole rings is 1. The standard InChI is InChI=1S/C11H20N2OS/c1-8-9(2)14-10(13-8)6-12-7-11(3,4)15-5/h12H,6-7H2,1-5H3. The Labute approximate surface area is 96.0 Å². The highest BCUT2D eigenvalue weighted by Crippen LogP contribution is 2.19. The van der Waals surface area contributed by atoms with Crippen LogP contribution in [0.4, 0.5) is 0 Å². The van der Waals surface area contributed by atoms with Crippen LogP contribution in [0.3, 0.4) is 0 Å². The number of nitrogens with zero attached hydrogens (tertiary/aromatic N) is 1. The Kier molecular flexibility index (Phi) is 4.22. The first kappa shape index (κ1) is 12.6. The molecule has 0 aliphatic rings. The molecule has 0 saturated carbocycles. The number of thioether (sulfide) groups is 1. The molecule has 0 saturated heterocycles. The van der Waals surface area contributed by atoms with Crippen LogP contribution in [0.5, 0.6) is 0 Å². The van der Waals surface area contributed by atoms with Gasteiger partial charge in [0.2, 0.25) is 5.89 Å². The zero-order valence-electron chi connectivity index (χ0n) is 10.2. The number of aryl methyl sites for hydroxylation is 2. The minimum absolute atomic E-state index is 0.261. The third kappa shape index (κ3) is 3.87. The molecule has 4 heteroatoms. The normalized spacial score (nSPS) is 12.1. The quantitative estimate of drug-likeness (QED) is 0.840. The van der Waals surface area contributed by atoms with Gasteiger partial charge < -0.3 is 9.73 Å². The van der Waals surface area contributed by atoms with Gasteiger partial charge in [-0.1, -0.05) is 0 Å². The third-order valence-electron chi connectivity index (χ3n) is 2.45. The molecule has 1 aromatic heterocycles. The van der Waals surface area contributed by atoms with Crippen LogP contribution in [-0.2, 0) is 6.54 Å².